The second-order valence-corrected chi connectivity index (χ2v) is 5.37. The zero-order chi connectivity index (χ0) is 15.0. The number of rotatable bonds is 2. The van der Waals surface area contributed by atoms with Gasteiger partial charge in [0, 0.05) is 30.4 Å². The number of halogens is 2. The minimum Gasteiger partial charge on any atom is -0.306 e. The van der Waals surface area contributed by atoms with Crippen molar-refractivity contribution in [2.45, 2.75) is 0 Å². The van der Waals surface area contributed by atoms with E-state index in [2.05, 4.69) is 31.0 Å². The fraction of sp³-hybridized carbons (Fsp3) is 0.0714. The van der Waals surface area contributed by atoms with E-state index >= 15 is 0 Å². The topological polar surface area (TPSA) is 63.6 Å². The average Bonchev–Trinajstić information content (AvgIpc) is 2.88. The van der Waals surface area contributed by atoms with Gasteiger partial charge in [0.1, 0.15) is 11.6 Å². The van der Waals surface area contributed by atoms with E-state index in [0.717, 1.165) is 5.56 Å². The Labute approximate surface area is 127 Å². The van der Waals surface area contributed by atoms with Crippen molar-refractivity contribution in [3.8, 4) is 22.6 Å². The quantitative estimate of drug-likeness (QED) is 0.774. The molecule has 5 nitrogen and oxygen atoms in total. The van der Waals surface area contributed by atoms with Crippen molar-refractivity contribution >= 4 is 15.9 Å². The lowest BCUT2D eigenvalue weighted by Gasteiger charge is -2.04. The van der Waals surface area contributed by atoms with E-state index in [9.17, 15) is 9.18 Å². The number of hydrogen-bond acceptors (Lipinski definition) is 3. The van der Waals surface area contributed by atoms with Crippen LogP contribution in [0.3, 0.4) is 0 Å². The second kappa shape index (κ2) is 5.25. The number of aryl methyl sites for hydroxylation is 1. The summed E-state index contributed by atoms with van der Waals surface area (Å²) in [6.45, 7) is 0. The number of nitrogens with zero attached hydrogens (tertiary/aromatic N) is 3. The Morgan fingerprint density at radius 1 is 1.29 bits per heavy atom. The van der Waals surface area contributed by atoms with Gasteiger partial charge in [0.25, 0.3) is 5.56 Å². The van der Waals surface area contributed by atoms with E-state index in [4.69, 9.17) is 0 Å². The van der Waals surface area contributed by atoms with Crippen LogP contribution in [0, 0.1) is 5.82 Å². The molecular formula is C14H10BrFN4O. The zero-order valence-corrected chi connectivity index (χ0v) is 12.6. The Morgan fingerprint density at radius 3 is 2.76 bits per heavy atom. The Morgan fingerprint density at radius 2 is 2.10 bits per heavy atom. The van der Waals surface area contributed by atoms with Gasteiger partial charge < -0.3 is 4.98 Å². The fourth-order valence-electron chi connectivity index (χ4n) is 1.94. The zero-order valence-electron chi connectivity index (χ0n) is 11.0. The molecule has 0 unspecified atom stereocenters. The van der Waals surface area contributed by atoms with Crippen LogP contribution in [0.25, 0.3) is 22.6 Å². The standard InChI is InChI=1S/C14H10BrFN4O/c1-20-7-9(6-17-20)12-5-13(21)19-14(18-12)8-2-3-10(15)11(16)4-8/h2-7H,1H3,(H,18,19,21). The molecule has 106 valence electrons. The highest BCUT2D eigenvalue weighted by atomic mass is 79.9. The summed E-state index contributed by atoms with van der Waals surface area (Å²) in [4.78, 5) is 18.8. The number of aromatic amines is 1. The van der Waals surface area contributed by atoms with E-state index in [-0.39, 0.29) is 5.56 Å². The molecule has 21 heavy (non-hydrogen) atoms. The van der Waals surface area contributed by atoms with E-state index in [1.807, 2.05) is 0 Å². The first-order valence-corrected chi connectivity index (χ1v) is 6.88. The van der Waals surface area contributed by atoms with Gasteiger partial charge in [-0.05, 0) is 34.1 Å². The van der Waals surface area contributed by atoms with Crippen LogP contribution < -0.4 is 5.56 Å². The molecule has 0 aliphatic heterocycles. The predicted molar refractivity (Wildman–Crippen MR) is 80.2 cm³/mol. The molecule has 1 N–H and O–H groups in total. The first kappa shape index (κ1) is 13.7. The fourth-order valence-corrected chi connectivity index (χ4v) is 2.19. The third-order valence-corrected chi connectivity index (χ3v) is 3.58. The monoisotopic (exact) mass is 348 g/mol. The van der Waals surface area contributed by atoms with E-state index in [0.29, 0.717) is 21.6 Å². The minimum atomic E-state index is -0.415. The summed E-state index contributed by atoms with van der Waals surface area (Å²) < 4.78 is 15.6. The minimum absolute atomic E-state index is 0.304. The molecular weight excluding hydrogens is 339 g/mol. The smallest absolute Gasteiger partial charge is 0.251 e. The molecule has 0 saturated carbocycles. The van der Waals surface area contributed by atoms with E-state index in [1.165, 1.54) is 12.1 Å². The molecule has 2 heterocycles. The number of nitrogens with one attached hydrogen (secondary N) is 1. The molecule has 0 aliphatic rings. The van der Waals surface area contributed by atoms with E-state index < -0.39 is 5.82 Å². The summed E-state index contributed by atoms with van der Waals surface area (Å²) in [5.41, 5.74) is 1.41. The van der Waals surface area contributed by atoms with Gasteiger partial charge in [-0.1, -0.05) is 0 Å². The van der Waals surface area contributed by atoms with Crippen LogP contribution in [0.5, 0.6) is 0 Å². The first-order valence-electron chi connectivity index (χ1n) is 6.09. The molecule has 3 rings (SSSR count). The molecule has 0 fully saturated rings. The Balaban J connectivity index is 2.13. The van der Waals surface area contributed by atoms with Gasteiger partial charge in [0.15, 0.2) is 0 Å². The number of H-pyrrole nitrogens is 1. The average molecular weight is 349 g/mol. The maximum absolute atomic E-state index is 13.6. The van der Waals surface area contributed by atoms with Crippen LogP contribution in [0.1, 0.15) is 0 Å². The van der Waals surface area contributed by atoms with Crippen molar-refractivity contribution in [3.05, 3.63) is 57.3 Å². The van der Waals surface area contributed by atoms with Crippen molar-refractivity contribution in [1.29, 1.82) is 0 Å². The third kappa shape index (κ3) is 2.78. The molecule has 0 bridgehead atoms. The number of aromatic nitrogens is 4. The SMILES string of the molecule is Cn1cc(-c2cc(=O)[nH]c(-c3ccc(Br)c(F)c3)n2)cn1. The molecule has 0 amide bonds. The van der Waals surface area contributed by atoms with Crippen LogP contribution in [0.4, 0.5) is 4.39 Å². The highest BCUT2D eigenvalue weighted by Crippen LogP contribution is 2.23. The van der Waals surface area contributed by atoms with Gasteiger partial charge in [0.05, 0.1) is 16.4 Å². The predicted octanol–water partition coefficient (Wildman–Crippen LogP) is 2.74. The van der Waals surface area contributed by atoms with Gasteiger partial charge in [-0.2, -0.15) is 5.10 Å². The maximum atomic E-state index is 13.6. The Kier molecular flexibility index (Phi) is 3.42. The van der Waals surface area contributed by atoms with Crippen molar-refractivity contribution in [1.82, 2.24) is 19.7 Å². The van der Waals surface area contributed by atoms with Gasteiger partial charge in [0.2, 0.25) is 0 Å². The number of benzene rings is 1. The van der Waals surface area contributed by atoms with Crippen LogP contribution in [0.2, 0.25) is 0 Å². The molecule has 0 aliphatic carbocycles. The van der Waals surface area contributed by atoms with Crippen LogP contribution in [-0.4, -0.2) is 19.7 Å². The molecule has 0 saturated heterocycles. The van der Waals surface area contributed by atoms with Crippen LogP contribution in [-0.2, 0) is 7.05 Å². The van der Waals surface area contributed by atoms with Crippen LogP contribution in [0.15, 0.2) is 45.9 Å². The van der Waals surface area contributed by atoms with Crippen LogP contribution >= 0.6 is 15.9 Å². The summed E-state index contributed by atoms with van der Waals surface area (Å²) in [7, 11) is 1.78. The maximum Gasteiger partial charge on any atom is 0.251 e. The molecule has 0 atom stereocenters. The molecule has 0 radical (unpaired) electrons. The van der Waals surface area contributed by atoms with Gasteiger partial charge in [-0.25, -0.2) is 9.37 Å². The van der Waals surface area contributed by atoms with Crippen molar-refractivity contribution in [2.75, 3.05) is 0 Å². The third-order valence-electron chi connectivity index (χ3n) is 2.94. The number of hydrogen-bond donors (Lipinski definition) is 1. The largest absolute Gasteiger partial charge is 0.306 e. The summed E-state index contributed by atoms with van der Waals surface area (Å²) in [6.07, 6.45) is 3.38. The molecule has 3 aromatic rings. The summed E-state index contributed by atoms with van der Waals surface area (Å²) in [6, 6.07) is 5.95. The highest BCUT2D eigenvalue weighted by molar-refractivity contribution is 9.10. The summed E-state index contributed by atoms with van der Waals surface area (Å²) in [5.74, 6) is -0.102. The summed E-state index contributed by atoms with van der Waals surface area (Å²) in [5, 5.41) is 4.05. The van der Waals surface area contributed by atoms with Crippen molar-refractivity contribution in [3.63, 3.8) is 0 Å². The van der Waals surface area contributed by atoms with Gasteiger partial charge >= 0.3 is 0 Å². The van der Waals surface area contributed by atoms with Crippen molar-refractivity contribution in [2.24, 2.45) is 7.05 Å². The lowest BCUT2D eigenvalue weighted by atomic mass is 10.2. The molecule has 1 aromatic carbocycles. The molecule has 0 spiro atoms. The molecule has 7 heteroatoms. The van der Waals surface area contributed by atoms with Gasteiger partial charge in [-0.3, -0.25) is 9.48 Å². The van der Waals surface area contributed by atoms with E-state index in [1.54, 1.807) is 36.3 Å². The highest BCUT2D eigenvalue weighted by Gasteiger charge is 2.09. The van der Waals surface area contributed by atoms with Crippen molar-refractivity contribution < 1.29 is 4.39 Å². The molecule has 2 aromatic heterocycles. The second-order valence-electron chi connectivity index (χ2n) is 4.51. The normalized spacial score (nSPS) is 10.8. The lowest BCUT2D eigenvalue weighted by Crippen LogP contribution is -2.08. The Hall–Kier alpha value is -2.28. The summed E-state index contributed by atoms with van der Waals surface area (Å²) >= 11 is 3.09. The first-order chi connectivity index (χ1) is 10.0. The Bertz CT molecular complexity index is 871. The lowest BCUT2D eigenvalue weighted by molar-refractivity contribution is 0.621. The van der Waals surface area contributed by atoms with Gasteiger partial charge in [-0.15, -0.1) is 0 Å².